The fourth-order valence-electron chi connectivity index (χ4n) is 1.51. The van der Waals surface area contributed by atoms with Crippen molar-refractivity contribution in [1.82, 2.24) is 10.6 Å². The number of aliphatic hydroxyl groups excluding tert-OH is 1. The van der Waals surface area contributed by atoms with Gasteiger partial charge in [0.2, 0.25) is 0 Å². The molecular weight excluding hydrogens is 324 g/mol. The first-order valence-electron chi connectivity index (χ1n) is 6.70. The largest absolute Gasteiger partial charge is 0.492 e. The molecule has 20 heavy (non-hydrogen) atoms. The highest BCUT2D eigenvalue weighted by Gasteiger charge is 2.03. The average Bonchev–Trinajstić information content (AvgIpc) is 2.43. The van der Waals surface area contributed by atoms with Gasteiger partial charge in [-0.2, -0.15) is 0 Å². The summed E-state index contributed by atoms with van der Waals surface area (Å²) in [7, 11) is 0. The zero-order valence-corrected chi connectivity index (χ0v) is 13.1. The highest BCUT2D eigenvalue weighted by atomic mass is 79.9. The number of benzene rings is 1. The lowest BCUT2D eigenvalue weighted by Gasteiger charge is -2.10. The van der Waals surface area contributed by atoms with Crippen molar-refractivity contribution in [3.63, 3.8) is 0 Å². The Bertz CT molecular complexity index is 415. The molecule has 5 nitrogen and oxygen atoms in total. The quantitative estimate of drug-likeness (QED) is 0.633. The van der Waals surface area contributed by atoms with Crippen LogP contribution in [-0.4, -0.2) is 36.9 Å². The van der Waals surface area contributed by atoms with E-state index in [1.807, 2.05) is 31.2 Å². The lowest BCUT2D eigenvalue weighted by atomic mass is 10.2. The molecule has 6 heteroatoms. The lowest BCUT2D eigenvalue weighted by Crippen LogP contribution is -2.38. The summed E-state index contributed by atoms with van der Waals surface area (Å²) >= 11 is 3.36. The number of rotatable bonds is 8. The van der Waals surface area contributed by atoms with Crippen LogP contribution in [0.25, 0.3) is 0 Å². The molecule has 2 amide bonds. The van der Waals surface area contributed by atoms with Crippen LogP contribution in [0.4, 0.5) is 4.79 Å². The molecule has 0 aliphatic heterocycles. The molecule has 0 heterocycles. The molecule has 3 N–H and O–H groups in total. The number of halogens is 1. The van der Waals surface area contributed by atoms with Crippen molar-refractivity contribution in [1.29, 1.82) is 0 Å². The van der Waals surface area contributed by atoms with Gasteiger partial charge >= 0.3 is 6.03 Å². The number of urea groups is 1. The topological polar surface area (TPSA) is 70.6 Å². The highest BCUT2D eigenvalue weighted by Crippen LogP contribution is 2.17. The first-order valence-corrected chi connectivity index (χ1v) is 7.49. The molecular formula is C14H21BrN2O3. The van der Waals surface area contributed by atoms with Crippen molar-refractivity contribution in [3.05, 3.63) is 28.7 Å². The number of nitrogens with one attached hydrogen (secondary N) is 2. The molecule has 0 aromatic heterocycles. The van der Waals surface area contributed by atoms with Gasteiger partial charge in [0.1, 0.15) is 12.4 Å². The SMILES string of the molecule is CCC(O)CCNC(=O)NCCOc1cccc(Br)c1. The van der Waals surface area contributed by atoms with Gasteiger partial charge in [0.25, 0.3) is 0 Å². The second-order valence-electron chi connectivity index (χ2n) is 4.34. The van der Waals surface area contributed by atoms with Crippen LogP contribution in [0, 0.1) is 0 Å². The number of amides is 2. The van der Waals surface area contributed by atoms with E-state index in [1.165, 1.54) is 0 Å². The molecule has 1 aromatic rings. The summed E-state index contributed by atoms with van der Waals surface area (Å²) < 4.78 is 6.44. The molecule has 0 saturated heterocycles. The van der Waals surface area contributed by atoms with Crippen LogP contribution in [-0.2, 0) is 0 Å². The van der Waals surface area contributed by atoms with Gasteiger partial charge in [-0.25, -0.2) is 4.79 Å². The maximum absolute atomic E-state index is 11.4. The Balaban J connectivity index is 2.07. The molecule has 0 aliphatic rings. The summed E-state index contributed by atoms with van der Waals surface area (Å²) in [6.45, 7) is 3.20. The fraction of sp³-hybridized carbons (Fsp3) is 0.500. The standard InChI is InChI=1S/C14H21BrN2O3/c1-2-12(18)6-7-16-14(19)17-8-9-20-13-5-3-4-11(15)10-13/h3-5,10,12,18H,2,6-9H2,1H3,(H2,16,17,19). The molecule has 1 atom stereocenters. The van der Waals surface area contributed by atoms with Crippen LogP contribution in [0.5, 0.6) is 5.75 Å². The van der Waals surface area contributed by atoms with Crippen molar-refractivity contribution < 1.29 is 14.6 Å². The maximum Gasteiger partial charge on any atom is 0.314 e. The normalized spacial score (nSPS) is 11.8. The Morgan fingerprint density at radius 3 is 2.85 bits per heavy atom. The highest BCUT2D eigenvalue weighted by molar-refractivity contribution is 9.10. The van der Waals surface area contributed by atoms with E-state index in [0.717, 1.165) is 10.2 Å². The third kappa shape index (κ3) is 7.35. The van der Waals surface area contributed by atoms with Gasteiger partial charge in [0, 0.05) is 11.0 Å². The third-order valence-corrected chi connectivity index (χ3v) is 3.18. The van der Waals surface area contributed by atoms with Crippen molar-refractivity contribution in [2.75, 3.05) is 19.7 Å². The maximum atomic E-state index is 11.4. The summed E-state index contributed by atoms with van der Waals surface area (Å²) in [6.07, 6.45) is 0.914. The van der Waals surface area contributed by atoms with Crippen molar-refractivity contribution in [2.24, 2.45) is 0 Å². The number of hydrogen-bond donors (Lipinski definition) is 3. The van der Waals surface area contributed by atoms with Crippen LogP contribution in [0.2, 0.25) is 0 Å². The van der Waals surface area contributed by atoms with Crippen LogP contribution in [0.1, 0.15) is 19.8 Å². The molecule has 1 unspecified atom stereocenters. The van der Waals surface area contributed by atoms with Gasteiger partial charge in [-0.05, 0) is 31.0 Å². The predicted octanol–water partition coefficient (Wildman–Crippen LogP) is 2.29. The second-order valence-corrected chi connectivity index (χ2v) is 5.25. The van der Waals surface area contributed by atoms with E-state index in [9.17, 15) is 9.90 Å². The van der Waals surface area contributed by atoms with E-state index in [0.29, 0.717) is 32.5 Å². The molecule has 0 fully saturated rings. The molecule has 0 aliphatic carbocycles. The van der Waals surface area contributed by atoms with Gasteiger partial charge in [-0.15, -0.1) is 0 Å². The Kier molecular flexibility index (Phi) is 8.06. The molecule has 1 aromatic carbocycles. The van der Waals surface area contributed by atoms with Gasteiger partial charge in [-0.1, -0.05) is 28.9 Å². The first kappa shape index (κ1) is 16.8. The van der Waals surface area contributed by atoms with Gasteiger partial charge < -0.3 is 20.5 Å². The predicted molar refractivity (Wildman–Crippen MR) is 82.0 cm³/mol. The zero-order valence-electron chi connectivity index (χ0n) is 11.6. The molecule has 0 spiro atoms. The Morgan fingerprint density at radius 1 is 1.40 bits per heavy atom. The van der Waals surface area contributed by atoms with E-state index in [2.05, 4.69) is 26.6 Å². The summed E-state index contributed by atoms with van der Waals surface area (Å²) in [4.78, 5) is 11.4. The minimum Gasteiger partial charge on any atom is -0.492 e. The molecule has 112 valence electrons. The number of aliphatic hydroxyl groups is 1. The van der Waals surface area contributed by atoms with E-state index >= 15 is 0 Å². The van der Waals surface area contributed by atoms with Gasteiger partial charge in [0.05, 0.1) is 12.6 Å². The van der Waals surface area contributed by atoms with Crippen molar-refractivity contribution >= 4 is 22.0 Å². The average molecular weight is 345 g/mol. The van der Waals surface area contributed by atoms with Crippen LogP contribution in [0.15, 0.2) is 28.7 Å². The van der Waals surface area contributed by atoms with Crippen molar-refractivity contribution in [2.45, 2.75) is 25.9 Å². The van der Waals surface area contributed by atoms with E-state index < -0.39 is 0 Å². The minimum atomic E-state index is -0.352. The second kappa shape index (κ2) is 9.61. The number of carbonyl (C=O) groups excluding carboxylic acids is 1. The zero-order chi connectivity index (χ0) is 14.8. The first-order chi connectivity index (χ1) is 9.61. The monoisotopic (exact) mass is 344 g/mol. The Labute approximate surface area is 127 Å². The van der Waals surface area contributed by atoms with E-state index in [4.69, 9.17) is 4.74 Å². The van der Waals surface area contributed by atoms with Crippen LogP contribution in [0.3, 0.4) is 0 Å². The number of hydrogen-bond acceptors (Lipinski definition) is 3. The van der Waals surface area contributed by atoms with Crippen LogP contribution < -0.4 is 15.4 Å². The number of carbonyl (C=O) groups is 1. The summed E-state index contributed by atoms with van der Waals surface area (Å²) in [5.41, 5.74) is 0. The Hall–Kier alpha value is -1.27. The summed E-state index contributed by atoms with van der Waals surface area (Å²) in [5.74, 6) is 0.757. The van der Waals surface area contributed by atoms with Gasteiger partial charge in [0.15, 0.2) is 0 Å². The smallest absolute Gasteiger partial charge is 0.314 e. The number of ether oxygens (including phenoxy) is 1. The molecule has 0 bridgehead atoms. The molecule has 0 radical (unpaired) electrons. The minimum absolute atomic E-state index is 0.244. The molecule has 0 saturated carbocycles. The summed E-state index contributed by atoms with van der Waals surface area (Å²) in [5, 5.41) is 14.7. The summed E-state index contributed by atoms with van der Waals surface area (Å²) in [6, 6.07) is 7.29. The van der Waals surface area contributed by atoms with E-state index in [1.54, 1.807) is 0 Å². The van der Waals surface area contributed by atoms with E-state index in [-0.39, 0.29) is 12.1 Å². The lowest BCUT2D eigenvalue weighted by molar-refractivity contribution is 0.160. The molecule has 1 rings (SSSR count). The van der Waals surface area contributed by atoms with Gasteiger partial charge in [-0.3, -0.25) is 0 Å². The Morgan fingerprint density at radius 2 is 2.15 bits per heavy atom. The van der Waals surface area contributed by atoms with Crippen LogP contribution >= 0.6 is 15.9 Å². The van der Waals surface area contributed by atoms with Crippen molar-refractivity contribution in [3.8, 4) is 5.75 Å². The third-order valence-electron chi connectivity index (χ3n) is 2.69. The fourth-order valence-corrected chi connectivity index (χ4v) is 1.89.